The van der Waals surface area contributed by atoms with E-state index in [-0.39, 0.29) is 0 Å². The topological polar surface area (TPSA) is 37.4 Å². The highest BCUT2D eigenvalue weighted by Crippen LogP contribution is 2.34. The average molecular weight is 297 g/mol. The van der Waals surface area contributed by atoms with Gasteiger partial charge in [0.15, 0.2) is 5.13 Å². The smallest absolute Gasteiger partial charge is 0.186 e. The number of hydrogen-bond acceptors (Lipinski definition) is 5. The Kier molecular flexibility index (Phi) is 5.81. The Morgan fingerprint density at radius 2 is 2.20 bits per heavy atom. The van der Waals surface area contributed by atoms with Crippen molar-refractivity contribution in [1.29, 1.82) is 0 Å². The Hall–Kier alpha value is -0.650. The normalized spacial score (nSPS) is 15.1. The van der Waals surface area contributed by atoms with Crippen LogP contribution in [0.5, 0.6) is 0 Å². The summed E-state index contributed by atoms with van der Waals surface area (Å²) in [6.45, 7) is 10.3. The number of aromatic nitrogens is 1. The molecule has 114 valence electrons. The zero-order chi connectivity index (χ0) is 14.5. The molecule has 2 rings (SSSR count). The van der Waals surface area contributed by atoms with Crippen LogP contribution in [0.2, 0.25) is 0 Å². The van der Waals surface area contributed by atoms with Crippen molar-refractivity contribution < 1.29 is 4.74 Å². The highest BCUT2D eigenvalue weighted by molar-refractivity contribution is 7.15. The van der Waals surface area contributed by atoms with Gasteiger partial charge >= 0.3 is 0 Å². The Morgan fingerprint density at radius 3 is 2.75 bits per heavy atom. The predicted molar refractivity (Wildman–Crippen MR) is 85.4 cm³/mol. The number of thiazole rings is 1. The van der Waals surface area contributed by atoms with Crippen molar-refractivity contribution in [2.45, 2.75) is 52.8 Å². The van der Waals surface area contributed by atoms with Crippen LogP contribution in [0.3, 0.4) is 0 Å². The van der Waals surface area contributed by atoms with Crippen molar-refractivity contribution in [1.82, 2.24) is 10.3 Å². The van der Waals surface area contributed by atoms with Crippen molar-refractivity contribution in [3.63, 3.8) is 0 Å². The van der Waals surface area contributed by atoms with E-state index in [9.17, 15) is 0 Å². The third-order valence-corrected chi connectivity index (χ3v) is 4.74. The van der Waals surface area contributed by atoms with Crippen molar-refractivity contribution in [3.05, 3.63) is 10.6 Å². The molecule has 0 radical (unpaired) electrons. The van der Waals surface area contributed by atoms with E-state index in [1.165, 1.54) is 17.7 Å². The number of rotatable bonds is 9. The lowest BCUT2D eigenvalue weighted by Gasteiger charge is -2.26. The molecule has 1 N–H and O–H groups in total. The maximum atomic E-state index is 5.29. The standard InChI is InChI=1S/C15H27N3OS/c1-5-16-8-14-13(10-19-4)17-15(20-14)18(11(2)3)9-12-6-7-12/h11-12,16H,5-10H2,1-4H3. The summed E-state index contributed by atoms with van der Waals surface area (Å²) in [5, 5.41) is 4.55. The molecule has 5 heteroatoms. The molecule has 1 heterocycles. The van der Waals surface area contributed by atoms with Crippen molar-refractivity contribution in [3.8, 4) is 0 Å². The molecular weight excluding hydrogens is 270 g/mol. The quantitative estimate of drug-likeness (QED) is 0.760. The van der Waals surface area contributed by atoms with Gasteiger partial charge in [-0.2, -0.15) is 0 Å². The van der Waals surface area contributed by atoms with Crippen LogP contribution in [0.4, 0.5) is 5.13 Å². The van der Waals surface area contributed by atoms with Gasteiger partial charge in [0.2, 0.25) is 0 Å². The molecule has 0 aliphatic heterocycles. The number of anilines is 1. The molecule has 0 spiro atoms. The summed E-state index contributed by atoms with van der Waals surface area (Å²) in [5.74, 6) is 0.879. The van der Waals surface area contributed by atoms with E-state index in [1.54, 1.807) is 7.11 Å². The van der Waals surface area contributed by atoms with Gasteiger partial charge < -0.3 is 15.0 Å². The molecule has 0 unspecified atom stereocenters. The SMILES string of the molecule is CCNCc1sc(N(CC2CC2)C(C)C)nc1COC. The zero-order valence-corrected chi connectivity index (χ0v) is 13.9. The fraction of sp³-hybridized carbons (Fsp3) is 0.800. The first-order valence-corrected chi connectivity index (χ1v) is 8.42. The third-order valence-electron chi connectivity index (χ3n) is 3.60. The first kappa shape index (κ1) is 15.7. The van der Waals surface area contributed by atoms with E-state index < -0.39 is 0 Å². The summed E-state index contributed by atoms with van der Waals surface area (Å²) in [6.07, 6.45) is 2.76. The number of nitrogens with one attached hydrogen (secondary N) is 1. The highest BCUT2D eigenvalue weighted by Gasteiger charge is 2.27. The fourth-order valence-electron chi connectivity index (χ4n) is 2.21. The second-order valence-electron chi connectivity index (χ2n) is 5.77. The van der Waals surface area contributed by atoms with Crippen LogP contribution >= 0.6 is 11.3 Å². The molecule has 0 bridgehead atoms. The van der Waals surface area contributed by atoms with Crippen LogP contribution in [-0.2, 0) is 17.9 Å². The molecule has 0 saturated heterocycles. The molecule has 1 aliphatic carbocycles. The molecule has 1 aromatic rings. The molecule has 1 saturated carbocycles. The molecular formula is C15H27N3OS. The summed E-state index contributed by atoms with van der Waals surface area (Å²) in [7, 11) is 1.74. The van der Waals surface area contributed by atoms with Gasteiger partial charge in [-0.3, -0.25) is 0 Å². The number of nitrogens with zero attached hydrogens (tertiary/aromatic N) is 2. The van der Waals surface area contributed by atoms with E-state index in [0.29, 0.717) is 12.6 Å². The molecule has 1 aliphatic rings. The summed E-state index contributed by atoms with van der Waals surface area (Å²) < 4.78 is 5.29. The second kappa shape index (κ2) is 7.38. The maximum absolute atomic E-state index is 5.29. The minimum atomic E-state index is 0.504. The Morgan fingerprint density at radius 1 is 1.45 bits per heavy atom. The van der Waals surface area contributed by atoms with Gasteiger partial charge in [-0.25, -0.2) is 4.98 Å². The Bertz CT molecular complexity index is 415. The number of methoxy groups -OCH3 is 1. The van der Waals surface area contributed by atoms with E-state index in [2.05, 4.69) is 31.0 Å². The molecule has 20 heavy (non-hydrogen) atoms. The van der Waals surface area contributed by atoms with Gasteiger partial charge in [-0.1, -0.05) is 6.92 Å². The van der Waals surface area contributed by atoms with Crippen LogP contribution in [-0.4, -0.2) is 31.2 Å². The lowest BCUT2D eigenvalue weighted by Crippen LogP contribution is -2.32. The van der Waals surface area contributed by atoms with Crippen LogP contribution in [0.15, 0.2) is 0 Å². The summed E-state index contributed by atoms with van der Waals surface area (Å²) in [4.78, 5) is 8.60. The first-order valence-electron chi connectivity index (χ1n) is 7.60. The van der Waals surface area contributed by atoms with Gasteiger partial charge in [-0.05, 0) is 39.2 Å². The molecule has 0 atom stereocenters. The summed E-state index contributed by atoms with van der Waals surface area (Å²) in [5.41, 5.74) is 1.09. The lowest BCUT2D eigenvalue weighted by molar-refractivity contribution is 0.181. The average Bonchev–Trinajstić information content (AvgIpc) is 3.15. The number of hydrogen-bond donors (Lipinski definition) is 1. The largest absolute Gasteiger partial charge is 0.378 e. The predicted octanol–water partition coefficient (Wildman–Crippen LogP) is 3.02. The lowest BCUT2D eigenvalue weighted by atomic mass is 10.3. The number of ether oxygens (including phenoxy) is 1. The van der Waals surface area contributed by atoms with Gasteiger partial charge in [0.05, 0.1) is 12.3 Å². The monoisotopic (exact) mass is 297 g/mol. The van der Waals surface area contributed by atoms with E-state index in [1.807, 2.05) is 11.3 Å². The highest BCUT2D eigenvalue weighted by atomic mass is 32.1. The fourth-order valence-corrected chi connectivity index (χ4v) is 3.38. The van der Waals surface area contributed by atoms with Gasteiger partial charge in [0, 0.05) is 31.1 Å². The van der Waals surface area contributed by atoms with Gasteiger partial charge in [0.25, 0.3) is 0 Å². The minimum absolute atomic E-state index is 0.504. The van der Waals surface area contributed by atoms with Crippen molar-refractivity contribution in [2.75, 3.05) is 25.1 Å². The van der Waals surface area contributed by atoms with Crippen LogP contribution in [0, 0.1) is 5.92 Å². The van der Waals surface area contributed by atoms with Gasteiger partial charge in [-0.15, -0.1) is 11.3 Å². The first-order chi connectivity index (χ1) is 9.65. The second-order valence-corrected chi connectivity index (χ2v) is 6.83. The summed E-state index contributed by atoms with van der Waals surface area (Å²) >= 11 is 1.82. The zero-order valence-electron chi connectivity index (χ0n) is 13.1. The maximum Gasteiger partial charge on any atom is 0.186 e. The summed E-state index contributed by atoms with van der Waals surface area (Å²) in [6, 6.07) is 0.504. The third kappa shape index (κ3) is 4.17. The van der Waals surface area contributed by atoms with Gasteiger partial charge in [0.1, 0.15) is 0 Å². The van der Waals surface area contributed by atoms with Crippen molar-refractivity contribution >= 4 is 16.5 Å². The van der Waals surface area contributed by atoms with Crippen LogP contribution in [0.25, 0.3) is 0 Å². The molecule has 1 aromatic heterocycles. The Balaban J connectivity index is 2.15. The molecule has 4 nitrogen and oxygen atoms in total. The molecule has 1 fully saturated rings. The van der Waals surface area contributed by atoms with Crippen LogP contribution in [0.1, 0.15) is 44.2 Å². The molecule has 0 aromatic carbocycles. The minimum Gasteiger partial charge on any atom is -0.378 e. The van der Waals surface area contributed by atoms with E-state index in [4.69, 9.17) is 9.72 Å². The van der Waals surface area contributed by atoms with E-state index in [0.717, 1.165) is 36.4 Å². The van der Waals surface area contributed by atoms with E-state index >= 15 is 0 Å². The Labute approximate surface area is 126 Å². The van der Waals surface area contributed by atoms with Crippen LogP contribution < -0.4 is 10.2 Å². The van der Waals surface area contributed by atoms with Crippen molar-refractivity contribution in [2.24, 2.45) is 5.92 Å². The molecule has 0 amide bonds.